The van der Waals surface area contributed by atoms with Crippen molar-refractivity contribution in [3.05, 3.63) is 21.9 Å². The second-order valence-electron chi connectivity index (χ2n) is 4.34. The number of carbonyl (C=O) groups is 1. The third-order valence-electron chi connectivity index (χ3n) is 2.88. The predicted molar refractivity (Wildman–Crippen MR) is 82.2 cm³/mol. The van der Waals surface area contributed by atoms with E-state index < -0.39 is 0 Å². The van der Waals surface area contributed by atoms with Gasteiger partial charge in [0.05, 0.1) is 23.2 Å². The molecular weight excluding hydrogens is 276 g/mol. The average molecular weight is 294 g/mol. The zero-order valence-corrected chi connectivity index (χ0v) is 12.4. The van der Waals surface area contributed by atoms with Gasteiger partial charge in [-0.25, -0.2) is 0 Å². The van der Waals surface area contributed by atoms with Crippen molar-refractivity contribution in [2.75, 3.05) is 12.3 Å². The molecular formula is C14H18N2OS2. The van der Waals surface area contributed by atoms with E-state index in [4.69, 9.17) is 5.73 Å². The molecule has 0 radical (unpaired) electrons. The fraction of sp³-hybridized carbons (Fsp3) is 0.500. The number of thioether (sulfide) groups is 1. The van der Waals surface area contributed by atoms with E-state index in [0.717, 1.165) is 21.9 Å². The van der Waals surface area contributed by atoms with Gasteiger partial charge in [-0.15, -0.1) is 23.1 Å². The molecule has 1 fully saturated rings. The number of carbonyl (C=O) groups excluding carboxylic acids is 1. The molecule has 1 unspecified atom stereocenters. The van der Waals surface area contributed by atoms with Crippen LogP contribution < -0.4 is 11.1 Å². The molecule has 1 aromatic heterocycles. The maximum atomic E-state index is 12.0. The zero-order valence-electron chi connectivity index (χ0n) is 10.8. The summed E-state index contributed by atoms with van der Waals surface area (Å²) in [6.45, 7) is 0.980. The first-order valence-electron chi connectivity index (χ1n) is 6.46. The van der Waals surface area contributed by atoms with Crippen molar-refractivity contribution in [3.63, 3.8) is 0 Å². The van der Waals surface area contributed by atoms with Gasteiger partial charge >= 0.3 is 0 Å². The van der Waals surface area contributed by atoms with Crippen LogP contribution in [0.15, 0.2) is 12.1 Å². The molecule has 0 aromatic carbocycles. The van der Waals surface area contributed by atoms with Crippen LogP contribution in [0.25, 0.3) is 0 Å². The van der Waals surface area contributed by atoms with Crippen LogP contribution in [-0.2, 0) is 11.3 Å². The van der Waals surface area contributed by atoms with Crippen molar-refractivity contribution in [3.8, 4) is 11.8 Å². The number of rotatable bonds is 3. The number of hydrogen-bond donors (Lipinski definition) is 2. The summed E-state index contributed by atoms with van der Waals surface area (Å²) in [7, 11) is 0. The van der Waals surface area contributed by atoms with Crippen molar-refractivity contribution in [1.29, 1.82) is 0 Å². The monoisotopic (exact) mass is 294 g/mol. The molecule has 0 bridgehead atoms. The van der Waals surface area contributed by atoms with E-state index in [9.17, 15) is 4.79 Å². The molecule has 5 heteroatoms. The molecule has 0 spiro atoms. The Labute approximate surface area is 122 Å². The van der Waals surface area contributed by atoms with Crippen molar-refractivity contribution >= 4 is 29.0 Å². The number of amides is 1. The van der Waals surface area contributed by atoms with E-state index in [2.05, 4.69) is 17.2 Å². The molecule has 0 saturated carbocycles. The molecule has 3 nitrogen and oxygen atoms in total. The van der Waals surface area contributed by atoms with Crippen LogP contribution in [0.4, 0.5) is 0 Å². The van der Waals surface area contributed by atoms with Crippen LogP contribution in [0.5, 0.6) is 0 Å². The summed E-state index contributed by atoms with van der Waals surface area (Å²) in [6.07, 6.45) is 3.42. The average Bonchev–Trinajstić information content (AvgIpc) is 2.91. The summed E-state index contributed by atoms with van der Waals surface area (Å²) in [6, 6.07) is 3.99. The van der Waals surface area contributed by atoms with Crippen LogP contribution in [0.2, 0.25) is 0 Å². The van der Waals surface area contributed by atoms with Crippen molar-refractivity contribution in [2.45, 2.75) is 31.1 Å². The van der Waals surface area contributed by atoms with E-state index in [-0.39, 0.29) is 11.2 Å². The summed E-state index contributed by atoms with van der Waals surface area (Å²) in [5.74, 6) is 7.12. The highest BCUT2D eigenvalue weighted by atomic mass is 32.2. The fourth-order valence-corrected chi connectivity index (χ4v) is 3.96. The Kier molecular flexibility index (Phi) is 5.77. The summed E-state index contributed by atoms with van der Waals surface area (Å²) in [5.41, 5.74) is 5.34. The van der Waals surface area contributed by atoms with Crippen molar-refractivity contribution in [1.82, 2.24) is 5.32 Å². The molecule has 1 atom stereocenters. The number of nitrogens with two attached hydrogens (primary N) is 1. The predicted octanol–water partition coefficient (Wildman–Crippen LogP) is 1.96. The first-order chi connectivity index (χ1) is 9.29. The lowest BCUT2D eigenvalue weighted by molar-refractivity contribution is -0.120. The SMILES string of the molecule is NCC#Cc1ccc(CNC(=O)C2CCCCS2)s1. The van der Waals surface area contributed by atoms with Gasteiger partial charge in [-0.2, -0.15) is 0 Å². The van der Waals surface area contributed by atoms with E-state index in [0.29, 0.717) is 13.1 Å². The minimum atomic E-state index is 0.144. The summed E-state index contributed by atoms with van der Waals surface area (Å²) in [4.78, 5) is 14.1. The lowest BCUT2D eigenvalue weighted by atomic mass is 10.2. The standard InChI is InChI=1S/C14H18N2OS2/c15-8-3-4-11-6-7-12(19-11)10-16-14(17)13-5-1-2-9-18-13/h6-7,13H,1-2,5,8-10,15H2,(H,16,17). The maximum Gasteiger partial charge on any atom is 0.233 e. The Bertz CT molecular complexity index is 481. The smallest absolute Gasteiger partial charge is 0.233 e. The van der Waals surface area contributed by atoms with Gasteiger partial charge in [0.2, 0.25) is 5.91 Å². The molecule has 3 N–H and O–H groups in total. The third-order valence-corrected chi connectivity index (χ3v) is 5.26. The molecule has 1 amide bonds. The highest BCUT2D eigenvalue weighted by Gasteiger charge is 2.21. The molecule has 102 valence electrons. The van der Waals surface area contributed by atoms with E-state index in [1.54, 1.807) is 23.1 Å². The van der Waals surface area contributed by atoms with E-state index in [1.807, 2.05) is 12.1 Å². The fourth-order valence-electron chi connectivity index (χ4n) is 1.91. The van der Waals surface area contributed by atoms with Crippen molar-refractivity contribution < 1.29 is 4.79 Å². The third kappa shape index (κ3) is 4.57. The molecule has 1 aromatic rings. The van der Waals surface area contributed by atoms with E-state index >= 15 is 0 Å². The lowest BCUT2D eigenvalue weighted by Crippen LogP contribution is -2.33. The van der Waals surface area contributed by atoms with Gasteiger partial charge in [0.1, 0.15) is 0 Å². The Balaban J connectivity index is 1.81. The maximum absolute atomic E-state index is 12.0. The Morgan fingerprint density at radius 1 is 1.47 bits per heavy atom. The van der Waals surface area contributed by atoms with Gasteiger partial charge in [-0.05, 0) is 30.7 Å². The van der Waals surface area contributed by atoms with Gasteiger partial charge in [0.25, 0.3) is 0 Å². The molecule has 1 aliphatic rings. The summed E-state index contributed by atoms with van der Waals surface area (Å²) < 4.78 is 0. The minimum Gasteiger partial charge on any atom is -0.350 e. The summed E-state index contributed by atoms with van der Waals surface area (Å²) in [5, 5.41) is 3.16. The highest BCUT2D eigenvalue weighted by Crippen LogP contribution is 2.25. The first-order valence-corrected chi connectivity index (χ1v) is 8.33. The zero-order chi connectivity index (χ0) is 13.5. The lowest BCUT2D eigenvalue weighted by Gasteiger charge is -2.20. The Morgan fingerprint density at radius 2 is 2.37 bits per heavy atom. The van der Waals surface area contributed by atoms with Crippen LogP contribution >= 0.6 is 23.1 Å². The van der Waals surface area contributed by atoms with Gasteiger partial charge in [0, 0.05) is 4.88 Å². The number of nitrogens with one attached hydrogen (secondary N) is 1. The molecule has 2 rings (SSSR count). The first kappa shape index (κ1) is 14.4. The second kappa shape index (κ2) is 7.59. The van der Waals surface area contributed by atoms with Gasteiger partial charge in [-0.3, -0.25) is 4.79 Å². The second-order valence-corrected chi connectivity index (χ2v) is 6.82. The van der Waals surface area contributed by atoms with Crippen LogP contribution in [0, 0.1) is 11.8 Å². The minimum absolute atomic E-state index is 0.144. The van der Waals surface area contributed by atoms with Gasteiger partial charge in [0.15, 0.2) is 0 Å². The Morgan fingerprint density at radius 3 is 3.11 bits per heavy atom. The quantitative estimate of drug-likeness (QED) is 0.838. The normalized spacial score (nSPS) is 18.5. The molecule has 1 aliphatic heterocycles. The highest BCUT2D eigenvalue weighted by molar-refractivity contribution is 8.00. The molecule has 19 heavy (non-hydrogen) atoms. The van der Waals surface area contributed by atoms with E-state index in [1.165, 1.54) is 12.8 Å². The largest absolute Gasteiger partial charge is 0.350 e. The van der Waals surface area contributed by atoms with Gasteiger partial charge < -0.3 is 11.1 Å². The molecule has 1 saturated heterocycles. The van der Waals surface area contributed by atoms with Crippen LogP contribution in [0.3, 0.4) is 0 Å². The van der Waals surface area contributed by atoms with Crippen molar-refractivity contribution in [2.24, 2.45) is 5.73 Å². The van der Waals surface area contributed by atoms with Crippen LogP contribution in [-0.4, -0.2) is 23.5 Å². The number of hydrogen-bond acceptors (Lipinski definition) is 4. The van der Waals surface area contributed by atoms with Crippen LogP contribution in [0.1, 0.15) is 29.0 Å². The number of thiophene rings is 1. The summed E-state index contributed by atoms with van der Waals surface area (Å²) >= 11 is 3.39. The topological polar surface area (TPSA) is 55.1 Å². The Hall–Kier alpha value is -0.960. The molecule has 2 heterocycles. The van der Waals surface area contributed by atoms with Gasteiger partial charge in [-0.1, -0.05) is 18.3 Å². The molecule has 0 aliphatic carbocycles.